The molecule has 3 heterocycles. The molecule has 0 saturated carbocycles. The second-order valence-electron chi connectivity index (χ2n) is 7.01. The number of hydrogen-bond donors (Lipinski definition) is 0. The predicted molar refractivity (Wildman–Crippen MR) is 101 cm³/mol. The van der Waals surface area contributed by atoms with Crippen molar-refractivity contribution in [3.8, 4) is 17.2 Å². The smallest absolute Gasteiger partial charge is 0.254 e. The maximum atomic E-state index is 12.7. The summed E-state index contributed by atoms with van der Waals surface area (Å²) in [6, 6.07) is 13.0. The Kier molecular flexibility index (Phi) is 4.31. The summed E-state index contributed by atoms with van der Waals surface area (Å²) < 4.78 is 21.4. The Morgan fingerprint density at radius 2 is 2.00 bits per heavy atom. The summed E-state index contributed by atoms with van der Waals surface area (Å²) in [6.45, 7) is 1.28. The minimum absolute atomic E-state index is 0.0479. The number of fused-ring (bicyclic) bond motifs is 1. The summed E-state index contributed by atoms with van der Waals surface area (Å²) in [4.78, 5) is 18.9. The first-order valence-corrected chi connectivity index (χ1v) is 9.34. The number of likely N-dealkylation sites (tertiary alicyclic amines) is 1. The van der Waals surface area contributed by atoms with Crippen molar-refractivity contribution in [1.29, 1.82) is 0 Å². The number of methoxy groups -OCH3 is 1. The van der Waals surface area contributed by atoms with Gasteiger partial charge in [0.1, 0.15) is 5.75 Å². The third-order valence-electron chi connectivity index (χ3n) is 5.16. The van der Waals surface area contributed by atoms with E-state index >= 15 is 0 Å². The number of amides is 1. The molecule has 29 heavy (non-hydrogen) atoms. The largest absolute Gasteiger partial charge is 0.496 e. The van der Waals surface area contributed by atoms with Crippen molar-refractivity contribution >= 4 is 5.91 Å². The molecule has 3 aromatic rings. The predicted octanol–water partition coefficient (Wildman–Crippen LogP) is 2.64. The standard InChI is InChI=1S/C21H19N3O5/c1-26-16-5-3-2-4-13(16)9-19-22-20(29-23-19)15-10-24(11-15)21(25)14-6-7-17-18(8-14)28-12-27-17/h2-8,15H,9-12H2,1H3. The maximum absolute atomic E-state index is 12.7. The van der Waals surface area contributed by atoms with E-state index in [4.69, 9.17) is 18.7 Å². The van der Waals surface area contributed by atoms with Gasteiger partial charge in [0.15, 0.2) is 17.3 Å². The van der Waals surface area contributed by atoms with Crippen molar-refractivity contribution < 1.29 is 23.5 Å². The number of nitrogens with zero attached hydrogens (tertiary/aromatic N) is 3. The van der Waals surface area contributed by atoms with Gasteiger partial charge in [-0.25, -0.2) is 0 Å². The molecule has 0 bridgehead atoms. The van der Waals surface area contributed by atoms with Crippen LogP contribution in [0.1, 0.15) is 33.6 Å². The van der Waals surface area contributed by atoms with E-state index in [0.29, 0.717) is 48.3 Å². The van der Waals surface area contributed by atoms with E-state index in [1.807, 2.05) is 24.3 Å². The van der Waals surface area contributed by atoms with Gasteiger partial charge in [-0.3, -0.25) is 4.79 Å². The van der Waals surface area contributed by atoms with Gasteiger partial charge in [-0.05, 0) is 24.3 Å². The summed E-state index contributed by atoms with van der Waals surface area (Å²) >= 11 is 0. The Morgan fingerprint density at radius 3 is 2.86 bits per heavy atom. The molecular weight excluding hydrogens is 374 g/mol. The van der Waals surface area contributed by atoms with Crippen LogP contribution in [0.5, 0.6) is 17.2 Å². The number of para-hydroxylation sites is 1. The van der Waals surface area contributed by atoms with Crippen molar-refractivity contribution in [3.63, 3.8) is 0 Å². The van der Waals surface area contributed by atoms with E-state index in [9.17, 15) is 4.79 Å². The van der Waals surface area contributed by atoms with Crippen LogP contribution in [0.15, 0.2) is 47.0 Å². The average Bonchev–Trinajstić information content (AvgIpc) is 3.36. The minimum Gasteiger partial charge on any atom is -0.496 e. The van der Waals surface area contributed by atoms with Gasteiger partial charge in [0.05, 0.1) is 13.0 Å². The Morgan fingerprint density at radius 1 is 1.17 bits per heavy atom. The molecule has 0 atom stereocenters. The maximum Gasteiger partial charge on any atom is 0.254 e. The van der Waals surface area contributed by atoms with Gasteiger partial charge >= 0.3 is 0 Å². The van der Waals surface area contributed by atoms with Crippen LogP contribution >= 0.6 is 0 Å². The molecule has 0 aliphatic carbocycles. The van der Waals surface area contributed by atoms with Crippen LogP contribution in [0.3, 0.4) is 0 Å². The SMILES string of the molecule is COc1ccccc1Cc1noc(C2CN(C(=O)c3ccc4c(c3)OCO4)C2)n1. The first kappa shape index (κ1) is 17.5. The van der Waals surface area contributed by atoms with E-state index in [2.05, 4.69) is 10.1 Å². The highest BCUT2D eigenvalue weighted by molar-refractivity contribution is 5.95. The number of carbonyl (C=O) groups excluding carboxylic acids is 1. The first-order chi connectivity index (χ1) is 14.2. The lowest BCUT2D eigenvalue weighted by Gasteiger charge is -2.37. The number of benzene rings is 2. The van der Waals surface area contributed by atoms with Crippen molar-refractivity contribution in [3.05, 3.63) is 65.3 Å². The lowest BCUT2D eigenvalue weighted by Crippen LogP contribution is -2.48. The molecule has 0 spiro atoms. The van der Waals surface area contributed by atoms with Crippen LogP contribution in [-0.2, 0) is 6.42 Å². The van der Waals surface area contributed by atoms with Crippen LogP contribution in [0.2, 0.25) is 0 Å². The van der Waals surface area contributed by atoms with Crippen molar-refractivity contribution in [2.45, 2.75) is 12.3 Å². The fourth-order valence-corrected chi connectivity index (χ4v) is 3.54. The molecule has 1 aromatic heterocycles. The topological polar surface area (TPSA) is 86.9 Å². The van der Waals surface area contributed by atoms with Crippen LogP contribution in [0, 0.1) is 0 Å². The fraction of sp³-hybridized carbons (Fsp3) is 0.286. The second-order valence-corrected chi connectivity index (χ2v) is 7.01. The fourth-order valence-electron chi connectivity index (χ4n) is 3.54. The van der Waals surface area contributed by atoms with Gasteiger partial charge in [-0.1, -0.05) is 23.4 Å². The molecule has 1 amide bonds. The van der Waals surface area contributed by atoms with Gasteiger partial charge in [0, 0.05) is 30.6 Å². The minimum atomic E-state index is -0.0479. The number of hydrogen-bond acceptors (Lipinski definition) is 7. The van der Waals surface area contributed by atoms with E-state index in [1.165, 1.54) is 0 Å². The van der Waals surface area contributed by atoms with E-state index < -0.39 is 0 Å². The van der Waals surface area contributed by atoms with Gasteiger partial charge in [-0.15, -0.1) is 0 Å². The highest BCUT2D eigenvalue weighted by atomic mass is 16.7. The van der Waals surface area contributed by atoms with E-state index in [-0.39, 0.29) is 18.6 Å². The van der Waals surface area contributed by atoms with Crippen LogP contribution in [0.25, 0.3) is 0 Å². The quantitative estimate of drug-likeness (QED) is 0.659. The van der Waals surface area contributed by atoms with Crippen molar-refractivity contribution in [2.24, 2.45) is 0 Å². The summed E-state index contributed by atoms with van der Waals surface area (Å²) in [6.07, 6.45) is 0.528. The molecule has 2 aliphatic heterocycles. The summed E-state index contributed by atoms with van der Waals surface area (Å²) in [7, 11) is 1.64. The summed E-state index contributed by atoms with van der Waals surface area (Å²) in [5.74, 6) is 3.22. The lowest BCUT2D eigenvalue weighted by atomic mass is 9.98. The molecule has 148 valence electrons. The number of carbonyl (C=O) groups is 1. The molecular formula is C21H19N3O5. The van der Waals surface area contributed by atoms with Gasteiger partial charge in [0.2, 0.25) is 12.7 Å². The highest BCUT2D eigenvalue weighted by Crippen LogP contribution is 2.34. The molecule has 1 saturated heterocycles. The van der Waals surface area contributed by atoms with Crippen LogP contribution < -0.4 is 14.2 Å². The Labute approximate surface area is 167 Å². The third kappa shape index (κ3) is 3.26. The number of ether oxygens (including phenoxy) is 3. The molecule has 5 rings (SSSR count). The second kappa shape index (κ2) is 7.12. The van der Waals surface area contributed by atoms with E-state index in [0.717, 1.165) is 11.3 Å². The Bertz CT molecular complexity index is 1060. The van der Waals surface area contributed by atoms with E-state index in [1.54, 1.807) is 30.2 Å². The summed E-state index contributed by atoms with van der Waals surface area (Å²) in [5.41, 5.74) is 1.57. The first-order valence-electron chi connectivity index (χ1n) is 9.34. The van der Waals surface area contributed by atoms with Crippen LogP contribution in [0.4, 0.5) is 0 Å². The molecule has 2 aliphatic rings. The van der Waals surface area contributed by atoms with Crippen molar-refractivity contribution in [2.75, 3.05) is 27.0 Å². The molecule has 0 unspecified atom stereocenters. The number of rotatable bonds is 5. The zero-order valence-electron chi connectivity index (χ0n) is 15.8. The van der Waals surface area contributed by atoms with Crippen LogP contribution in [-0.4, -0.2) is 47.9 Å². The lowest BCUT2D eigenvalue weighted by molar-refractivity contribution is 0.0569. The highest BCUT2D eigenvalue weighted by Gasteiger charge is 2.36. The zero-order valence-corrected chi connectivity index (χ0v) is 15.8. The molecule has 2 aromatic carbocycles. The molecule has 8 heteroatoms. The zero-order chi connectivity index (χ0) is 19.8. The average molecular weight is 393 g/mol. The third-order valence-corrected chi connectivity index (χ3v) is 5.16. The molecule has 1 fully saturated rings. The molecule has 8 nitrogen and oxygen atoms in total. The Hall–Kier alpha value is -3.55. The monoisotopic (exact) mass is 393 g/mol. The van der Waals surface area contributed by atoms with Gasteiger partial charge in [-0.2, -0.15) is 4.98 Å². The molecule has 0 N–H and O–H groups in total. The normalized spacial score (nSPS) is 15.3. The number of aromatic nitrogens is 2. The summed E-state index contributed by atoms with van der Waals surface area (Å²) in [5, 5.41) is 4.08. The van der Waals surface area contributed by atoms with Gasteiger partial charge in [0.25, 0.3) is 5.91 Å². The van der Waals surface area contributed by atoms with Gasteiger partial charge < -0.3 is 23.6 Å². The van der Waals surface area contributed by atoms with Crippen molar-refractivity contribution in [1.82, 2.24) is 15.0 Å². The Balaban J connectivity index is 1.22. The molecule has 0 radical (unpaired) electrons.